The number of carbonyl (C=O) groups excluding carboxylic acids is 2. The number of esters is 1. The van der Waals surface area contributed by atoms with Crippen LogP contribution in [-0.4, -0.2) is 25.6 Å². The number of hydrogen-bond acceptors (Lipinski definition) is 5. The number of hydrogen-bond donors (Lipinski definition) is 1. The average molecular weight is 376 g/mol. The summed E-state index contributed by atoms with van der Waals surface area (Å²) >= 11 is 0. The van der Waals surface area contributed by atoms with Gasteiger partial charge in [-0.3, -0.25) is 4.79 Å². The molecule has 6 nitrogen and oxygen atoms in total. The highest BCUT2D eigenvalue weighted by Gasteiger charge is 2.09. The SMILES string of the molecule is CCOC(=O)C(C#N)=Cc1ccc(NC(=O)C=Cc2ccc(OC)cc2)cc1. The third-order valence-electron chi connectivity index (χ3n) is 3.65. The number of methoxy groups -OCH3 is 1. The summed E-state index contributed by atoms with van der Waals surface area (Å²) in [7, 11) is 1.59. The molecule has 6 heteroatoms. The maximum Gasteiger partial charge on any atom is 0.348 e. The highest BCUT2D eigenvalue weighted by Crippen LogP contribution is 2.14. The molecule has 0 saturated carbocycles. The number of rotatable bonds is 7. The van der Waals surface area contributed by atoms with Crippen molar-refractivity contribution < 1.29 is 19.1 Å². The van der Waals surface area contributed by atoms with E-state index in [2.05, 4.69) is 5.32 Å². The molecular formula is C22H20N2O4. The van der Waals surface area contributed by atoms with Gasteiger partial charge in [-0.1, -0.05) is 24.3 Å². The number of amides is 1. The molecule has 0 bridgehead atoms. The lowest BCUT2D eigenvalue weighted by atomic mass is 10.1. The van der Waals surface area contributed by atoms with Crippen molar-refractivity contribution in [3.05, 3.63) is 71.3 Å². The van der Waals surface area contributed by atoms with Gasteiger partial charge >= 0.3 is 5.97 Å². The number of nitrogens with one attached hydrogen (secondary N) is 1. The second-order valence-electron chi connectivity index (χ2n) is 5.61. The normalized spacial score (nSPS) is 11.0. The molecule has 0 fully saturated rings. The summed E-state index contributed by atoms with van der Waals surface area (Å²) < 4.78 is 9.91. The summed E-state index contributed by atoms with van der Waals surface area (Å²) in [5.74, 6) is -0.187. The molecule has 0 saturated heterocycles. The molecule has 2 aromatic rings. The van der Waals surface area contributed by atoms with Crippen LogP contribution in [0.5, 0.6) is 5.75 Å². The van der Waals surface area contributed by atoms with E-state index in [0.717, 1.165) is 11.3 Å². The topological polar surface area (TPSA) is 88.4 Å². The monoisotopic (exact) mass is 376 g/mol. The van der Waals surface area contributed by atoms with Crippen LogP contribution < -0.4 is 10.1 Å². The molecule has 2 aromatic carbocycles. The number of nitriles is 1. The van der Waals surface area contributed by atoms with Crippen LogP contribution in [-0.2, 0) is 14.3 Å². The van der Waals surface area contributed by atoms with Gasteiger partial charge in [-0.2, -0.15) is 5.26 Å². The summed E-state index contributed by atoms with van der Waals surface area (Å²) in [6.07, 6.45) is 4.57. The molecule has 1 N–H and O–H groups in total. The van der Waals surface area contributed by atoms with Crippen LogP contribution in [0.3, 0.4) is 0 Å². The van der Waals surface area contributed by atoms with Crippen molar-refractivity contribution in [2.24, 2.45) is 0 Å². The van der Waals surface area contributed by atoms with E-state index in [1.54, 1.807) is 44.4 Å². The number of anilines is 1. The van der Waals surface area contributed by atoms with E-state index in [9.17, 15) is 9.59 Å². The van der Waals surface area contributed by atoms with Gasteiger partial charge in [-0.15, -0.1) is 0 Å². The second-order valence-corrected chi connectivity index (χ2v) is 5.61. The predicted molar refractivity (Wildman–Crippen MR) is 107 cm³/mol. The van der Waals surface area contributed by atoms with Gasteiger partial charge < -0.3 is 14.8 Å². The van der Waals surface area contributed by atoms with Crippen LogP contribution in [0, 0.1) is 11.3 Å². The zero-order chi connectivity index (χ0) is 20.4. The molecule has 0 unspecified atom stereocenters. The summed E-state index contributed by atoms with van der Waals surface area (Å²) in [6, 6.07) is 15.9. The molecule has 0 radical (unpaired) electrons. The molecule has 0 aliphatic rings. The van der Waals surface area contributed by atoms with Gasteiger partial charge in [0.1, 0.15) is 17.4 Å². The Labute approximate surface area is 163 Å². The van der Waals surface area contributed by atoms with Gasteiger partial charge in [-0.25, -0.2) is 4.79 Å². The summed E-state index contributed by atoms with van der Waals surface area (Å²) in [5, 5.41) is 11.8. The van der Waals surface area contributed by atoms with E-state index in [1.807, 2.05) is 30.3 Å². The Morgan fingerprint density at radius 3 is 2.29 bits per heavy atom. The third kappa shape index (κ3) is 6.15. The van der Waals surface area contributed by atoms with Crippen LogP contribution in [0.1, 0.15) is 18.1 Å². The Morgan fingerprint density at radius 1 is 1.07 bits per heavy atom. The first-order valence-corrected chi connectivity index (χ1v) is 8.57. The lowest BCUT2D eigenvalue weighted by Gasteiger charge is -2.04. The first-order chi connectivity index (χ1) is 13.5. The first-order valence-electron chi connectivity index (χ1n) is 8.57. The van der Waals surface area contributed by atoms with Crippen molar-refractivity contribution >= 4 is 29.7 Å². The molecule has 0 aliphatic carbocycles. The van der Waals surface area contributed by atoms with Crippen molar-refractivity contribution in [1.82, 2.24) is 0 Å². The first kappa shape index (κ1) is 20.5. The molecule has 2 rings (SSSR count). The number of benzene rings is 2. The van der Waals surface area contributed by atoms with E-state index in [4.69, 9.17) is 14.7 Å². The highest BCUT2D eigenvalue weighted by molar-refractivity contribution is 6.02. The van der Waals surface area contributed by atoms with Crippen molar-refractivity contribution in [1.29, 1.82) is 5.26 Å². The standard InChI is InChI=1S/C22H20N2O4/c1-3-28-22(26)18(15-23)14-17-4-9-19(10-5-17)24-21(25)13-8-16-6-11-20(27-2)12-7-16/h4-14H,3H2,1-2H3,(H,24,25). The molecule has 0 spiro atoms. The lowest BCUT2D eigenvalue weighted by molar-refractivity contribution is -0.137. The summed E-state index contributed by atoms with van der Waals surface area (Å²) in [4.78, 5) is 23.7. The maximum absolute atomic E-state index is 12.0. The van der Waals surface area contributed by atoms with Gasteiger partial charge in [0.25, 0.3) is 0 Å². The Bertz CT molecular complexity index is 921. The summed E-state index contributed by atoms with van der Waals surface area (Å²) in [6.45, 7) is 1.88. The van der Waals surface area contributed by atoms with Crippen LogP contribution in [0.2, 0.25) is 0 Å². The number of carbonyl (C=O) groups is 2. The van der Waals surface area contributed by atoms with Gasteiger partial charge in [-0.05, 0) is 54.5 Å². The minimum atomic E-state index is -0.661. The molecule has 0 aliphatic heterocycles. The number of nitrogens with zero attached hydrogens (tertiary/aromatic N) is 1. The van der Waals surface area contributed by atoms with Gasteiger partial charge in [0.2, 0.25) is 5.91 Å². The molecule has 0 aromatic heterocycles. The predicted octanol–water partition coefficient (Wildman–Crippen LogP) is 3.82. The highest BCUT2D eigenvalue weighted by atomic mass is 16.5. The minimum Gasteiger partial charge on any atom is -0.497 e. The Balaban J connectivity index is 1.99. The summed E-state index contributed by atoms with van der Waals surface area (Å²) in [5.41, 5.74) is 2.04. The molecule has 28 heavy (non-hydrogen) atoms. The Hall–Kier alpha value is -3.85. The molecule has 0 heterocycles. The fraction of sp³-hybridized carbons (Fsp3) is 0.136. The minimum absolute atomic E-state index is 0.0824. The molecule has 142 valence electrons. The maximum atomic E-state index is 12.0. The van der Waals surface area contributed by atoms with E-state index in [1.165, 1.54) is 12.2 Å². The van der Waals surface area contributed by atoms with Crippen LogP contribution in [0.25, 0.3) is 12.2 Å². The van der Waals surface area contributed by atoms with Gasteiger partial charge in [0.05, 0.1) is 13.7 Å². The van der Waals surface area contributed by atoms with E-state index in [-0.39, 0.29) is 18.1 Å². The lowest BCUT2D eigenvalue weighted by Crippen LogP contribution is -2.07. The molecule has 1 amide bonds. The third-order valence-corrected chi connectivity index (χ3v) is 3.65. The second kappa shape index (κ2) is 10.3. The average Bonchev–Trinajstić information content (AvgIpc) is 2.72. The largest absolute Gasteiger partial charge is 0.497 e. The quantitative estimate of drug-likeness (QED) is 0.451. The molecular weight excluding hydrogens is 356 g/mol. The zero-order valence-corrected chi connectivity index (χ0v) is 15.6. The van der Waals surface area contributed by atoms with E-state index in [0.29, 0.717) is 11.3 Å². The fourth-order valence-corrected chi connectivity index (χ4v) is 2.25. The van der Waals surface area contributed by atoms with Gasteiger partial charge in [0, 0.05) is 11.8 Å². The Morgan fingerprint density at radius 2 is 1.71 bits per heavy atom. The van der Waals surface area contributed by atoms with Crippen molar-refractivity contribution in [3.63, 3.8) is 0 Å². The van der Waals surface area contributed by atoms with Crippen molar-refractivity contribution in [2.75, 3.05) is 19.0 Å². The Kier molecular flexibility index (Phi) is 7.55. The number of ether oxygens (including phenoxy) is 2. The van der Waals surface area contributed by atoms with Crippen LogP contribution >= 0.6 is 0 Å². The van der Waals surface area contributed by atoms with E-state index >= 15 is 0 Å². The molecule has 0 atom stereocenters. The zero-order valence-electron chi connectivity index (χ0n) is 15.6. The van der Waals surface area contributed by atoms with Crippen molar-refractivity contribution in [2.45, 2.75) is 6.92 Å². The fourth-order valence-electron chi connectivity index (χ4n) is 2.25. The van der Waals surface area contributed by atoms with Gasteiger partial charge in [0.15, 0.2) is 0 Å². The van der Waals surface area contributed by atoms with E-state index < -0.39 is 5.97 Å². The van der Waals surface area contributed by atoms with Crippen LogP contribution in [0.15, 0.2) is 60.2 Å². The smallest absolute Gasteiger partial charge is 0.348 e. The van der Waals surface area contributed by atoms with Crippen molar-refractivity contribution in [3.8, 4) is 11.8 Å². The van der Waals surface area contributed by atoms with Crippen LogP contribution in [0.4, 0.5) is 5.69 Å².